The van der Waals surface area contributed by atoms with Gasteiger partial charge in [0, 0.05) is 21.5 Å². The van der Waals surface area contributed by atoms with Crippen molar-refractivity contribution >= 4 is 44.8 Å². The second-order valence-electron chi connectivity index (χ2n) is 6.99. The van der Waals surface area contributed by atoms with E-state index in [2.05, 4.69) is 22.0 Å². The molecule has 0 bridgehead atoms. The lowest BCUT2D eigenvalue weighted by molar-refractivity contribution is -0.0203. The van der Waals surface area contributed by atoms with Gasteiger partial charge in [-0.2, -0.15) is 5.10 Å². The summed E-state index contributed by atoms with van der Waals surface area (Å²) >= 11 is 15.9. The van der Waals surface area contributed by atoms with Crippen LogP contribution < -0.4 is 4.74 Å². The molecule has 0 radical (unpaired) electrons. The number of hydrogen-bond donors (Lipinski definition) is 1. The molecule has 2 heterocycles. The first-order valence-electron chi connectivity index (χ1n) is 9.06. The first-order valence-corrected chi connectivity index (χ1v) is 10.6. The number of halogens is 3. The fourth-order valence-corrected chi connectivity index (χ4v) is 4.73. The number of aromatic hydroxyl groups is 1. The Morgan fingerprint density at radius 3 is 2.62 bits per heavy atom. The molecule has 0 spiro atoms. The van der Waals surface area contributed by atoms with Gasteiger partial charge in [-0.25, -0.2) is 5.01 Å². The van der Waals surface area contributed by atoms with Crippen molar-refractivity contribution in [2.75, 3.05) is 0 Å². The Kier molecular flexibility index (Phi) is 4.69. The normalized spacial score (nSPS) is 20.0. The molecular weight excluding hydrogens is 475 g/mol. The molecule has 0 aliphatic carbocycles. The number of rotatable bonds is 2. The van der Waals surface area contributed by atoms with Gasteiger partial charge in [0.05, 0.1) is 22.3 Å². The first kappa shape index (κ1) is 18.8. The Bertz CT molecular complexity index is 1140. The molecule has 29 heavy (non-hydrogen) atoms. The number of phenols is 1. The lowest BCUT2D eigenvalue weighted by Crippen LogP contribution is -2.33. The van der Waals surface area contributed by atoms with Crippen molar-refractivity contribution in [2.24, 2.45) is 5.10 Å². The van der Waals surface area contributed by atoms with Gasteiger partial charge in [0.25, 0.3) is 0 Å². The van der Waals surface area contributed by atoms with Crippen molar-refractivity contribution in [1.29, 1.82) is 0 Å². The van der Waals surface area contributed by atoms with Crippen LogP contribution in [0.1, 0.15) is 35.4 Å². The lowest BCUT2D eigenvalue weighted by Gasteiger charge is -2.38. The highest BCUT2D eigenvalue weighted by Crippen LogP contribution is 2.50. The Morgan fingerprint density at radius 1 is 1.03 bits per heavy atom. The maximum absolute atomic E-state index is 10.6. The second kappa shape index (κ2) is 7.24. The molecule has 7 heteroatoms. The molecule has 146 valence electrons. The molecule has 5 rings (SSSR count). The van der Waals surface area contributed by atoms with E-state index in [0.29, 0.717) is 10.6 Å². The fourth-order valence-electron chi connectivity index (χ4n) is 3.84. The minimum Gasteiger partial charge on any atom is -0.506 e. The summed E-state index contributed by atoms with van der Waals surface area (Å²) in [5.74, 6) is 0.697. The predicted octanol–water partition coefficient (Wildman–Crippen LogP) is 6.70. The van der Waals surface area contributed by atoms with Gasteiger partial charge in [-0.1, -0.05) is 69.5 Å². The van der Waals surface area contributed by atoms with E-state index in [4.69, 9.17) is 33.0 Å². The van der Waals surface area contributed by atoms with Crippen molar-refractivity contribution in [3.63, 3.8) is 0 Å². The average Bonchev–Trinajstić information content (AvgIpc) is 3.17. The molecule has 0 unspecified atom stereocenters. The minimum atomic E-state index is -0.647. The first-order chi connectivity index (χ1) is 14.0. The zero-order valence-electron chi connectivity index (χ0n) is 15.0. The Balaban J connectivity index is 1.66. The van der Waals surface area contributed by atoms with E-state index in [1.807, 2.05) is 47.5 Å². The largest absolute Gasteiger partial charge is 0.506 e. The molecule has 3 aromatic rings. The average molecular weight is 490 g/mol. The van der Waals surface area contributed by atoms with Crippen LogP contribution in [0.2, 0.25) is 10.0 Å². The molecule has 4 nitrogen and oxygen atoms in total. The number of hydrazone groups is 1. The predicted molar refractivity (Wildman–Crippen MR) is 118 cm³/mol. The zero-order chi connectivity index (χ0) is 20.1. The van der Waals surface area contributed by atoms with Crippen molar-refractivity contribution in [2.45, 2.75) is 18.7 Å². The van der Waals surface area contributed by atoms with Crippen LogP contribution >= 0.6 is 39.1 Å². The van der Waals surface area contributed by atoms with E-state index in [9.17, 15) is 5.11 Å². The van der Waals surface area contributed by atoms with Gasteiger partial charge < -0.3 is 9.84 Å². The summed E-state index contributed by atoms with van der Waals surface area (Å²) in [5, 5.41) is 18.0. The summed E-state index contributed by atoms with van der Waals surface area (Å²) in [7, 11) is 0. The van der Waals surface area contributed by atoms with Crippen LogP contribution in [0.3, 0.4) is 0 Å². The van der Waals surface area contributed by atoms with E-state index in [-0.39, 0.29) is 16.8 Å². The van der Waals surface area contributed by atoms with Crippen molar-refractivity contribution in [3.8, 4) is 11.5 Å². The van der Waals surface area contributed by atoms with Gasteiger partial charge in [0.1, 0.15) is 11.5 Å². The van der Waals surface area contributed by atoms with Crippen LogP contribution in [0, 0.1) is 0 Å². The van der Waals surface area contributed by atoms with Gasteiger partial charge in [-0.05, 0) is 35.9 Å². The van der Waals surface area contributed by atoms with E-state index in [1.54, 1.807) is 6.07 Å². The molecule has 3 aromatic carbocycles. The van der Waals surface area contributed by atoms with Gasteiger partial charge in [-0.15, -0.1) is 0 Å². The van der Waals surface area contributed by atoms with E-state index in [1.165, 1.54) is 6.07 Å². The van der Waals surface area contributed by atoms with Crippen molar-refractivity contribution in [3.05, 3.63) is 91.9 Å². The highest BCUT2D eigenvalue weighted by molar-refractivity contribution is 9.10. The third-order valence-electron chi connectivity index (χ3n) is 5.18. The quantitative estimate of drug-likeness (QED) is 0.435. The highest BCUT2D eigenvalue weighted by atomic mass is 79.9. The Morgan fingerprint density at radius 2 is 1.83 bits per heavy atom. The van der Waals surface area contributed by atoms with Crippen LogP contribution in [-0.2, 0) is 0 Å². The van der Waals surface area contributed by atoms with Gasteiger partial charge in [0.15, 0.2) is 0 Å². The summed E-state index contributed by atoms with van der Waals surface area (Å²) in [6.45, 7) is 0. The van der Waals surface area contributed by atoms with Crippen LogP contribution in [0.25, 0.3) is 0 Å². The molecule has 2 atom stereocenters. The maximum atomic E-state index is 10.6. The van der Waals surface area contributed by atoms with Gasteiger partial charge in [-0.3, -0.25) is 0 Å². The smallest absolute Gasteiger partial charge is 0.217 e. The van der Waals surface area contributed by atoms with Crippen LogP contribution in [0.5, 0.6) is 11.5 Å². The third kappa shape index (κ3) is 3.27. The number of fused-ring (bicyclic) bond motifs is 3. The van der Waals surface area contributed by atoms with Crippen molar-refractivity contribution < 1.29 is 9.84 Å². The van der Waals surface area contributed by atoms with E-state index < -0.39 is 6.23 Å². The summed E-state index contributed by atoms with van der Waals surface area (Å²) in [4.78, 5) is 0. The number of ether oxygens (including phenoxy) is 1. The Hall–Kier alpha value is -2.21. The number of nitrogens with zero attached hydrogens (tertiary/aromatic N) is 2. The van der Waals surface area contributed by atoms with Crippen LogP contribution in [0.4, 0.5) is 0 Å². The standard InChI is InChI=1S/C22H15BrCl2N2O2/c23-13-6-7-20-15(8-13)19-11-18(12-4-2-1-3-5-12)26-27(19)22(29-20)16-9-14(24)10-17(25)21(16)28/h1-10,19,22,28H,11H2/t19-,22-/m0/s1. The van der Waals surface area contributed by atoms with E-state index >= 15 is 0 Å². The van der Waals surface area contributed by atoms with Crippen LogP contribution in [-0.4, -0.2) is 15.8 Å². The summed E-state index contributed by atoms with van der Waals surface area (Å²) in [6.07, 6.45) is 0.0774. The number of hydrogen-bond acceptors (Lipinski definition) is 4. The summed E-state index contributed by atoms with van der Waals surface area (Å²) in [5.41, 5.74) is 3.55. The molecule has 0 aromatic heterocycles. The van der Waals surface area contributed by atoms with Crippen LogP contribution in [0.15, 0.2) is 70.2 Å². The summed E-state index contributed by atoms with van der Waals surface area (Å²) in [6, 6.07) is 19.1. The molecule has 1 N–H and O–H groups in total. The molecular formula is C22H15BrCl2N2O2. The number of phenolic OH excluding ortho intramolecular Hbond substituents is 1. The van der Waals surface area contributed by atoms with Gasteiger partial charge in [0.2, 0.25) is 6.23 Å². The fraction of sp³-hybridized carbons (Fsp3) is 0.136. The van der Waals surface area contributed by atoms with Crippen molar-refractivity contribution in [1.82, 2.24) is 5.01 Å². The molecule has 0 saturated carbocycles. The summed E-state index contributed by atoms with van der Waals surface area (Å²) < 4.78 is 7.25. The molecule has 0 amide bonds. The SMILES string of the molecule is Oc1c(Cl)cc(Cl)cc1[C@@H]1Oc2ccc(Br)cc2[C@@H]2CC(c3ccccc3)=NN21. The highest BCUT2D eigenvalue weighted by Gasteiger charge is 2.42. The van der Waals surface area contributed by atoms with Gasteiger partial charge >= 0.3 is 0 Å². The Labute approximate surface area is 186 Å². The third-order valence-corrected chi connectivity index (χ3v) is 6.18. The topological polar surface area (TPSA) is 45.1 Å². The minimum absolute atomic E-state index is 0.0337. The van der Waals surface area contributed by atoms with E-state index in [0.717, 1.165) is 33.5 Å². The number of benzene rings is 3. The maximum Gasteiger partial charge on any atom is 0.217 e. The second-order valence-corrected chi connectivity index (χ2v) is 8.75. The monoisotopic (exact) mass is 488 g/mol. The lowest BCUT2D eigenvalue weighted by atomic mass is 9.96. The molecule has 2 aliphatic rings. The molecule has 0 saturated heterocycles. The molecule has 2 aliphatic heterocycles. The zero-order valence-corrected chi connectivity index (χ0v) is 18.1. The molecule has 0 fully saturated rings.